The van der Waals surface area contributed by atoms with Crippen LogP contribution in [0.2, 0.25) is 0 Å². The monoisotopic (exact) mass is 400 g/mol. The zero-order valence-corrected chi connectivity index (χ0v) is 17.0. The van der Waals surface area contributed by atoms with Gasteiger partial charge >= 0.3 is 6.09 Å². The highest BCUT2D eigenvalue weighted by atomic mass is 32.2. The number of hydrogen-bond donors (Lipinski definition) is 1. The van der Waals surface area contributed by atoms with Crippen LogP contribution in [0.3, 0.4) is 0 Å². The highest BCUT2D eigenvalue weighted by Crippen LogP contribution is 2.26. The minimum atomic E-state index is -3.71. The molecule has 3 aromatic rings. The predicted molar refractivity (Wildman–Crippen MR) is 109 cm³/mol. The number of carbonyl (C=O) groups is 1. The number of para-hydroxylation sites is 1. The Balaban J connectivity index is 1.87. The first kappa shape index (κ1) is 19.9. The van der Waals surface area contributed by atoms with Gasteiger partial charge in [-0.3, -0.25) is 0 Å². The van der Waals surface area contributed by atoms with Crippen LogP contribution in [0.5, 0.6) is 0 Å². The molecule has 0 aliphatic carbocycles. The molecule has 1 N–H and O–H groups in total. The summed E-state index contributed by atoms with van der Waals surface area (Å²) in [6.45, 7) is 5.74. The first-order valence-electron chi connectivity index (χ1n) is 9.05. The van der Waals surface area contributed by atoms with Gasteiger partial charge in [0.1, 0.15) is 5.60 Å². The SMILES string of the molecule is CC(C)(C)OC(=O)NCCc1cn(S(=O)(=O)c2ccccc2)c2ccccc12. The second kappa shape index (κ2) is 7.67. The van der Waals surface area contributed by atoms with Crippen molar-refractivity contribution in [2.24, 2.45) is 0 Å². The molecule has 0 bridgehead atoms. The highest BCUT2D eigenvalue weighted by molar-refractivity contribution is 7.90. The molecule has 1 amide bonds. The molecule has 0 fully saturated rings. The van der Waals surface area contributed by atoms with Crippen molar-refractivity contribution < 1.29 is 17.9 Å². The van der Waals surface area contributed by atoms with Crippen molar-refractivity contribution in [3.63, 3.8) is 0 Å². The van der Waals surface area contributed by atoms with E-state index in [-0.39, 0.29) is 4.90 Å². The lowest BCUT2D eigenvalue weighted by atomic mass is 10.1. The summed E-state index contributed by atoms with van der Waals surface area (Å²) in [7, 11) is -3.71. The van der Waals surface area contributed by atoms with E-state index < -0.39 is 21.7 Å². The zero-order chi connectivity index (χ0) is 20.4. The molecule has 0 unspecified atom stereocenters. The van der Waals surface area contributed by atoms with E-state index in [1.807, 2.05) is 18.2 Å². The third-order valence-electron chi connectivity index (χ3n) is 4.12. The summed E-state index contributed by atoms with van der Waals surface area (Å²) in [5.41, 5.74) is 0.883. The first-order chi connectivity index (χ1) is 13.2. The number of aromatic nitrogens is 1. The fourth-order valence-corrected chi connectivity index (χ4v) is 4.35. The van der Waals surface area contributed by atoms with E-state index in [4.69, 9.17) is 4.74 Å². The number of fused-ring (bicyclic) bond motifs is 1. The maximum atomic E-state index is 13.1. The molecule has 0 aliphatic heterocycles. The average Bonchev–Trinajstić information content (AvgIpc) is 3.01. The molecular weight excluding hydrogens is 376 g/mol. The van der Waals surface area contributed by atoms with Crippen LogP contribution in [-0.2, 0) is 21.2 Å². The van der Waals surface area contributed by atoms with Gasteiger partial charge in [-0.2, -0.15) is 0 Å². The Labute approximate surface area is 165 Å². The van der Waals surface area contributed by atoms with Crippen molar-refractivity contribution in [3.05, 3.63) is 66.4 Å². The van der Waals surface area contributed by atoms with Crippen molar-refractivity contribution >= 4 is 27.0 Å². The number of nitrogens with one attached hydrogen (secondary N) is 1. The minimum Gasteiger partial charge on any atom is -0.444 e. The molecular formula is C21H24N2O4S. The van der Waals surface area contributed by atoms with Gasteiger partial charge in [0.2, 0.25) is 0 Å². The highest BCUT2D eigenvalue weighted by Gasteiger charge is 2.21. The van der Waals surface area contributed by atoms with Crippen molar-refractivity contribution in [3.8, 4) is 0 Å². The molecule has 148 valence electrons. The normalized spacial score (nSPS) is 12.1. The molecule has 1 aromatic heterocycles. The standard InChI is InChI=1S/C21H24N2O4S/c1-21(2,3)27-20(24)22-14-13-16-15-23(19-12-8-7-11-18(16)19)28(25,26)17-9-5-4-6-10-17/h4-12,15H,13-14H2,1-3H3,(H,22,24). The van der Waals surface area contributed by atoms with Gasteiger partial charge in [0.15, 0.2) is 0 Å². The number of nitrogens with zero attached hydrogens (tertiary/aromatic N) is 1. The first-order valence-corrected chi connectivity index (χ1v) is 10.5. The van der Waals surface area contributed by atoms with E-state index in [9.17, 15) is 13.2 Å². The molecule has 3 rings (SSSR count). The van der Waals surface area contributed by atoms with Crippen LogP contribution >= 0.6 is 0 Å². The van der Waals surface area contributed by atoms with Crippen LogP contribution in [0.4, 0.5) is 4.79 Å². The van der Waals surface area contributed by atoms with Crippen LogP contribution in [0, 0.1) is 0 Å². The number of alkyl carbamates (subject to hydrolysis) is 1. The van der Waals surface area contributed by atoms with Gasteiger partial charge < -0.3 is 10.1 Å². The topological polar surface area (TPSA) is 77.4 Å². The van der Waals surface area contributed by atoms with Gasteiger partial charge in [0.25, 0.3) is 10.0 Å². The molecule has 6 nitrogen and oxygen atoms in total. The molecule has 0 spiro atoms. The minimum absolute atomic E-state index is 0.231. The summed E-state index contributed by atoms with van der Waals surface area (Å²) in [5, 5.41) is 3.55. The number of amides is 1. The van der Waals surface area contributed by atoms with Gasteiger partial charge in [-0.05, 0) is 51.0 Å². The Morgan fingerprint density at radius 1 is 1.04 bits per heavy atom. The summed E-state index contributed by atoms with van der Waals surface area (Å²) in [6.07, 6.45) is 1.62. The largest absolute Gasteiger partial charge is 0.444 e. The van der Waals surface area contributed by atoms with Crippen LogP contribution < -0.4 is 5.32 Å². The third-order valence-corrected chi connectivity index (χ3v) is 5.81. The maximum absolute atomic E-state index is 13.1. The molecule has 1 heterocycles. The Bertz CT molecular complexity index is 1080. The lowest BCUT2D eigenvalue weighted by Gasteiger charge is -2.19. The second-order valence-corrected chi connectivity index (χ2v) is 9.28. The summed E-state index contributed by atoms with van der Waals surface area (Å²) < 4.78 is 32.7. The van der Waals surface area contributed by atoms with Gasteiger partial charge in [-0.25, -0.2) is 17.2 Å². The number of benzene rings is 2. The van der Waals surface area contributed by atoms with E-state index in [1.54, 1.807) is 63.4 Å². The third kappa shape index (κ3) is 4.36. The Kier molecular flexibility index (Phi) is 5.47. The van der Waals surface area contributed by atoms with Gasteiger partial charge in [-0.1, -0.05) is 36.4 Å². The van der Waals surface area contributed by atoms with Crippen LogP contribution in [0.25, 0.3) is 10.9 Å². The molecule has 28 heavy (non-hydrogen) atoms. The summed E-state index contributed by atoms with van der Waals surface area (Å²) in [5.74, 6) is 0. The number of rotatable bonds is 5. The Morgan fingerprint density at radius 3 is 2.36 bits per heavy atom. The van der Waals surface area contributed by atoms with E-state index in [1.165, 1.54) is 3.97 Å². The van der Waals surface area contributed by atoms with Crippen molar-refractivity contribution in [2.45, 2.75) is 37.7 Å². The summed E-state index contributed by atoms with van der Waals surface area (Å²) in [6, 6.07) is 15.7. The lowest BCUT2D eigenvalue weighted by Crippen LogP contribution is -2.33. The van der Waals surface area contributed by atoms with Gasteiger partial charge in [0, 0.05) is 18.1 Å². The van der Waals surface area contributed by atoms with Crippen LogP contribution in [-0.4, -0.2) is 30.6 Å². The number of hydrogen-bond acceptors (Lipinski definition) is 4. The quantitative estimate of drug-likeness (QED) is 0.704. The summed E-state index contributed by atoms with van der Waals surface area (Å²) >= 11 is 0. The fourth-order valence-electron chi connectivity index (χ4n) is 2.94. The van der Waals surface area contributed by atoms with Crippen molar-refractivity contribution in [1.82, 2.24) is 9.29 Å². The second-order valence-electron chi connectivity index (χ2n) is 7.46. The van der Waals surface area contributed by atoms with Crippen LogP contribution in [0.1, 0.15) is 26.3 Å². The van der Waals surface area contributed by atoms with Crippen molar-refractivity contribution in [1.29, 1.82) is 0 Å². The van der Waals surface area contributed by atoms with E-state index in [0.29, 0.717) is 18.5 Å². The lowest BCUT2D eigenvalue weighted by molar-refractivity contribution is 0.0528. The molecule has 0 radical (unpaired) electrons. The smallest absolute Gasteiger partial charge is 0.407 e. The molecule has 0 aliphatic rings. The zero-order valence-electron chi connectivity index (χ0n) is 16.2. The number of ether oxygens (including phenoxy) is 1. The average molecular weight is 401 g/mol. The number of carbonyl (C=O) groups excluding carboxylic acids is 1. The van der Waals surface area contributed by atoms with E-state index in [0.717, 1.165) is 10.9 Å². The van der Waals surface area contributed by atoms with Gasteiger partial charge in [-0.15, -0.1) is 0 Å². The van der Waals surface area contributed by atoms with E-state index in [2.05, 4.69) is 5.32 Å². The summed E-state index contributed by atoms with van der Waals surface area (Å²) in [4.78, 5) is 12.1. The van der Waals surface area contributed by atoms with E-state index >= 15 is 0 Å². The molecule has 0 saturated heterocycles. The molecule has 0 saturated carbocycles. The van der Waals surface area contributed by atoms with Crippen molar-refractivity contribution in [2.75, 3.05) is 6.54 Å². The Hall–Kier alpha value is -2.80. The molecule has 0 atom stereocenters. The fraction of sp³-hybridized carbons (Fsp3) is 0.286. The molecule has 2 aromatic carbocycles. The molecule has 7 heteroatoms. The predicted octanol–water partition coefficient (Wildman–Crippen LogP) is 3.95. The van der Waals surface area contributed by atoms with Crippen LogP contribution in [0.15, 0.2) is 65.7 Å². The Morgan fingerprint density at radius 2 is 1.68 bits per heavy atom. The maximum Gasteiger partial charge on any atom is 0.407 e. The van der Waals surface area contributed by atoms with Gasteiger partial charge in [0.05, 0.1) is 10.4 Å².